The average molecular weight is 387 g/mol. The molecule has 28 heavy (non-hydrogen) atoms. The molecule has 0 aliphatic carbocycles. The van der Waals surface area contributed by atoms with Crippen LogP contribution in [0.25, 0.3) is 45.3 Å². The molecule has 0 saturated carbocycles. The van der Waals surface area contributed by atoms with Crippen LogP contribution in [0.3, 0.4) is 0 Å². The number of nitrogens with one attached hydrogen (secondary N) is 1. The number of imidazole rings is 1. The Kier molecular flexibility index (Phi) is 3.95. The van der Waals surface area contributed by atoms with Crippen molar-refractivity contribution in [1.29, 1.82) is 0 Å². The van der Waals surface area contributed by atoms with Crippen molar-refractivity contribution in [3.8, 4) is 34.2 Å². The van der Waals surface area contributed by atoms with Gasteiger partial charge in [0.25, 0.3) is 5.89 Å². The number of aromatic amines is 1. The maximum atomic E-state index is 5.92. The van der Waals surface area contributed by atoms with Crippen LogP contribution in [0.5, 0.6) is 0 Å². The summed E-state index contributed by atoms with van der Waals surface area (Å²) in [5.74, 6) is 1.84. The molecule has 0 aliphatic rings. The zero-order valence-electron chi connectivity index (χ0n) is 15.0. The maximum Gasteiger partial charge on any atom is 0.258 e. The van der Waals surface area contributed by atoms with Gasteiger partial charge < -0.3 is 9.51 Å². The van der Waals surface area contributed by atoms with Gasteiger partial charge in [-0.1, -0.05) is 47.1 Å². The highest BCUT2D eigenvalue weighted by Gasteiger charge is 2.12. The van der Waals surface area contributed by atoms with E-state index in [1.54, 1.807) is 12.1 Å². The normalized spacial score (nSPS) is 11.2. The first kappa shape index (κ1) is 16.7. The highest BCUT2D eigenvalue weighted by molar-refractivity contribution is 6.30. The Balaban J connectivity index is 1.44. The fraction of sp³-hybridized carbons (Fsp3) is 0.0455. The molecule has 0 spiro atoms. The predicted octanol–water partition coefficient (Wildman–Crippen LogP) is 5.91. The molecule has 2 aromatic heterocycles. The Bertz CT molecular complexity index is 1270. The van der Waals surface area contributed by atoms with Gasteiger partial charge >= 0.3 is 0 Å². The van der Waals surface area contributed by atoms with Gasteiger partial charge in [-0.2, -0.15) is 4.98 Å². The van der Waals surface area contributed by atoms with Gasteiger partial charge in [-0.3, -0.25) is 0 Å². The first-order valence-electron chi connectivity index (χ1n) is 8.82. The molecule has 0 fully saturated rings. The fourth-order valence-electron chi connectivity index (χ4n) is 3.08. The van der Waals surface area contributed by atoms with Crippen molar-refractivity contribution >= 4 is 22.6 Å². The highest BCUT2D eigenvalue weighted by atomic mass is 35.5. The minimum atomic E-state index is 0.461. The first-order chi connectivity index (χ1) is 13.7. The summed E-state index contributed by atoms with van der Waals surface area (Å²) < 4.78 is 5.39. The van der Waals surface area contributed by atoms with E-state index in [4.69, 9.17) is 16.1 Å². The van der Waals surface area contributed by atoms with Gasteiger partial charge in [0.05, 0.1) is 11.0 Å². The lowest BCUT2D eigenvalue weighted by Gasteiger charge is -1.98. The second kappa shape index (κ2) is 6.62. The lowest BCUT2D eigenvalue weighted by molar-refractivity contribution is 0.432. The van der Waals surface area contributed by atoms with Gasteiger partial charge in [-0.05, 0) is 48.9 Å². The van der Waals surface area contributed by atoms with E-state index in [9.17, 15) is 0 Å². The van der Waals surface area contributed by atoms with Crippen molar-refractivity contribution in [2.24, 2.45) is 0 Å². The van der Waals surface area contributed by atoms with Gasteiger partial charge in [-0.15, -0.1) is 0 Å². The third-order valence-corrected chi connectivity index (χ3v) is 4.82. The van der Waals surface area contributed by atoms with Crippen LogP contribution in [0.4, 0.5) is 0 Å². The summed E-state index contributed by atoms with van der Waals surface area (Å²) in [7, 11) is 0. The van der Waals surface area contributed by atoms with Crippen molar-refractivity contribution in [1.82, 2.24) is 20.1 Å². The number of aryl methyl sites for hydroxylation is 1. The molecule has 136 valence electrons. The zero-order valence-corrected chi connectivity index (χ0v) is 15.7. The minimum Gasteiger partial charge on any atom is -0.338 e. The molecule has 3 aromatic carbocycles. The van der Waals surface area contributed by atoms with Gasteiger partial charge in [0, 0.05) is 21.7 Å². The molecule has 5 aromatic rings. The largest absolute Gasteiger partial charge is 0.338 e. The molecule has 0 amide bonds. The molecule has 0 bridgehead atoms. The molecule has 0 radical (unpaired) electrons. The Morgan fingerprint density at radius 2 is 1.54 bits per heavy atom. The van der Waals surface area contributed by atoms with Crippen LogP contribution in [0.1, 0.15) is 5.56 Å². The van der Waals surface area contributed by atoms with E-state index in [1.165, 1.54) is 5.56 Å². The number of rotatable bonds is 3. The Hall–Kier alpha value is -3.44. The molecular formula is C22H15ClN4O. The third kappa shape index (κ3) is 3.06. The van der Waals surface area contributed by atoms with Crippen LogP contribution in [0.2, 0.25) is 5.02 Å². The number of fused-ring (bicyclic) bond motifs is 1. The van der Waals surface area contributed by atoms with E-state index in [2.05, 4.69) is 39.2 Å². The Labute approximate surface area is 166 Å². The number of halogens is 1. The number of benzene rings is 3. The van der Waals surface area contributed by atoms with E-state index in [0.717, 1.165) is 33.5 Å². The monoisotopic (exact) mass is 386 g/mol. The van der Waals surface area contributed by atoms with Crippen molar-refractivity contribution < 1.29 is 4.52 Å². The molecule has 1 N–H and O–H groups in total. The van der Waals surface area contributed by atoms with Crippen molar-refractivity contribution in [2.75, 3.05) is 0 Å². The topological polar surface area (TPSA) is 67.6 Å². The number of nitrogens with zero attached hydrogens (tertiary/aromatic N) is 3. The Morgan fingerprint density at radius 3 is 2.32 bits per heavy atom. The van der Waals surface area contributed by atoms with Crippen molar-refractivity contribution in [2.45, 2.75) is 6.92 Å². The van der Waals surface area contributed by atoms with Crippen LogP contribution in [0, 0.1) is 6.92 Å². The predicted molar refractivity (Wildman–Crippen MR) is 110 cm³/mol. The van der Waals surface area contributed by atoms with Crippen LogP contribution in [-0.2, 0) is 0 Å². The number of H-pyrrole nitrogens is 1. The molecule has 2 heterocycles. The summed E-state index contributed by atoms with van der Waals surface area (Å²) in [6.45, 7) is 2.06. The second-order valence-corrected chi connectivity index (χ2v) is 7.05. The van der Waals surface area contributed by atoms with E-state index in [0.29, 0.717) is 16.7 Å². The molecule has 5 rings (SSSR count). The van der Waals surface area contributed by atoms with Crippen molar-refractivity contribution in [3.63, 3.8) is 0 Å². The number of aromatic nitrogens is 4. The summed E-state index contributed by atoms with van der Waals surface area (Å²) in [5, 5.41) is 4.76. The van der Waals surface area contributed by atoms with E-state index < -0.39 is 0 Å². The summed E-state index contributed by atoms with van der Waals surface area (Å²) in [6, 6.07) is 21.4. The van der Waals surface area contributed by atoms with E-state index >= 15 is 0 Å². The minimum absolute atomic E-state index is 0.461. The average Bonchev–Trinajstić information content (AvgIpc) is 3.36. The Morgan fingerprint density at radius 1 is 0.821 bits per heavy atom. The maximum absolute atomic E-state index is 5.92. The molecule has 5 nitrogen and oxygen atoms in total. The highest BCUT2D eigenvalue weighted by Crippen LogP contribution is 2.26. The fourth-order valence-corrected chi connectivity index (χ4v) is 3.21. The van der Waals surface area contributed by atoms with E-state index in [1.807, 2.05) is 42.5 Å². The smallest absolute Gasteiger partial charge is 0.258 e. The third-order valence-electron chi connectivity index (χ3n) is 4.57. The SMILES string of the molecule is Cc1ccc2[nH]c(-c3ccc(-c4noc(-c5ccc(Cl)cc5)n4)cc3)nc2c1. The van der Waals surface area contributed by atoms with Crippen LogP contribution < -0.4 is 0 Å². The van der Waals surface area contributed by atoms with Crippen LogP contribution >= 0.6 is 11.6 Å². The molecule has 0 unspecified atom stereocenters. The first-order valence-corrected chi connectivity index (χ1v) is 9.20. The quantitative estimate of drug-likeness (QED) is 0.418. The summed E-state index contributed by atoms with van der Waals surface area (Å²) in [4.78, 5) is 12.5. The standard InChI is InChI=1S/C22H15ClN4O/c1-13-2-11-18-19(12-13)25-20(24-18)14-3-5-15(6-4-14)21-26-22(28-27-21)16-7-9-17(23)10-8-16/h2-12H,1H3,(H,24,25). The van der Waals surface area contributed by atoms with Gasteiger partial charge in [0.15, 0.2) is 0 Å². The van der Waals surface area contributed by atoms with Gasteiger partial charge in [-0.25, -0.2) is 4.98 Å². The molecule has 6 heteroatoms. The van der Waals surface area contributed by atoms with Gasteiger partial charge in [0.1, 0.15) is 5.82 Å². The summed E-state index contributed by atoms with van der Waals surface area (Å²) >= 11 is 5.92. The number of hydrogen-bond donors (Lipinski definition) is 1. The second-order valence-electron chi connectivity index (χ2n) is 6.61. The zero-order chi connectivity index (χ0) is 19.1. The molecule has 0 saturated heterocycles. The van der Waals surface area contributed by atoms with Gasteiger partial charge in [0.2, 0.25) is 5.82 Å². The van der Waals surface area contributed by atoms with Crippen LogP contribution in [0.15, 0.2) is 71.3 Å². The van der Waals surface area contributed by atoms with Crippen LogP contribution in [-0.4, -0.2) is 20.1 Å². The lowest BCUT2D eigenvalue weighted by Crippen LogP contribution is -1.84. The number of hydrogen-bond acceptors (Lipinski definition) is 4. The summed E-state index contributed by atoms with van der Waals surface area (Å²) in [5.41, 5.74) is 5.88. The van der Waals surface area contributed by atoms with Crippen molar-refractivity contribution in [3.05, 3.63) is 77.3 Å². The molecule has 0 atom stereocenters. The van der Waals surface area contributed by atoms with E-state index in [-0.39, 0.29) is 0 Å². The molecular weight excluding hydrogens is 372 g/mol. The summed E-state index contributed by atoms with van der Waals surface area (Å²) in [6.07, 6.45) is 0. The lowest BCUT2D eigenvalue weighted by atomic mass is 10.1. The molecule has 0 aliphatic heterocycles.